The molecule has 1 aliphatic rings. The minimum absolute atomic E-state index is 0.114. The van der Waals surface area contributed by atoms with Crippen LogP contribution in [0.2, 0.25) is 0 Å². The van der Waals surface area contributed by atoms with Gasteiger partial charge >= 0.3 is 11.9 Å². The second-order valence-corrected chi connectivity index (χ2v) is 7.24. The van der Waals surface area contributed by atoms with E-state index in [2.05, 4.69) is 29.6 Å². The number of nitrogens with one attached hydrogen (secondary N) is 1. The highest BCUT2D eigenvalue weighted by Gasteiger charge is 2.27. The monoisotopic (exact) mass is 420 g/mol. The number of carboxylic acids is 2. The SMILES string of the molecule is O=C(O)C(=O)O.O=C(c1ccc2ccccc2c1)N(Cc1ccccc1)[C@@H]1CCNC1. The van der Waals surface area contributed by atoms with Crippen LogP contribution in [0.1, 0.15) is 22.3 Å². The van der Waals surface area contributed by atoms with Crippen LogP contribution in [0.25, 0.3) is 10.8 Å². The Labute approximate surface area is 179 Å². The molecular weight excluding hydrogens is 396 g/mol. The van der Waals surface area contributed by atoms with Gasteiger partial charge in [-0.25, -0.2) is 9.59 Å². The zero-order valence-electron chi connectivity index (χ0n) is 16.9. The summed E-state index contributed by atoms with van der Waals surface area (Å²) in [5.41, 5.74) is 1.94. The minimum Gasteiger partial charge on any atom is -0.473 e. The lowest BCUT2D eigenvalue weighted by atomic mass is 10.0. The Balaban J connectivity index is 0.000000401. The number of aliphatic carboxylic acids is 2. The summed E-state index contributed by atoms with van der Waals surface area (Å²) in [6, 6.07) is 24.7. The number of amides is 1. The quantitative estimate of drug-likeness (QED) is 0.560. The summed E-state index contributed by atoms with van der Waals surface area (Å²) >= 11 is 0. The molecule has 0 bridgehead atoms. The van der Waals surface area contributed by atoms with Crippen molar-refractivity contribution in [2.75, 3.05) is 13.1 Å². The molecule has 0 saturated carbocycles. The molecule has 3 aromatic carbocycles. The van der Waals surface area contributed by atoms with E-state index in [1.54, 1.807) is 0 Å². The summed E-state index contributed by atoms with van der Waals surface area (Å²) in [5.74, 6) is -3.53. The van der Waals surface area contributed by atoms with Crippen molar-refractivity contribution in [3.8, 4) is 0 Å². The fourth-order valence-corrected chi connectivity index (χ4v) is 3.54. The van der Waals surface area contributed by atoms with Crippen molar-refractivity contribution >= 4 is 28.6 Å². The van der Waals surface area contributed by atoms with Crippen LogP contribution in [0, 0.1) is 0 Å². The maximum absolute atomic E-state index is 13.3. The second kappa shape index (κ2) is 10.4. The molecule has 3 aromatic rings. The van der Waals surface area contributed by atoms with Gasteiger partial charge in [0, 0.05) is 24.7 Å². The summed E-state index contributed by atoms with van der Waals surface area (Å²) < 4.78 is 0. The largest absolute Gasteiger partial charge is 0.473 e. The van der Waals surface area contributed by atoms with Crippen LogP contribution in [0.15, 0.2) is 72.8 Å². The number of hydrogen-bond acceptors (Lipinski definition) is 4. The fraction of sp³-hybridized carbons (Fsp3) is 0.208. The molecule has 1 heterocycles. The van der Waals surface area contributed by atoms with E-state index in [4.69, 9.17) is 19.8 Å². The van der Waals surface area contributed by atoms with Crippen LogP contribution in [0.3, 0.4) is 0 Å². The lowest BCUT2D eigenvalue weighted by molar-refractivity contribution is -0.159. The summed E-state index contributed by atoms with van der Waals surface area (Å²) in [6.45, 7) is 2.49. The molecule has 7 nitrogen and oxygen atoms in total. The van der Waals surface area contributed by atoms with E-state index >= 15 is 0 Å². The predicted octanol–water partition coefficient (Wildman–Crippen LogP) is 3.00. The molecule has 0 unspecified atom stereocenters. The van der Waals surface area contributed by atoms with Gasteiger partial charge in [-0.2, -0.15) is 0 Å². The highest BCUT2D eigenvalue weighted by Crippen LogP contribution is 2.21. The van der Waals surface area contributed by atoms with Crippen molar-refractivity contribution in [3.05, 3.63) is 83.9 Å². The van der Waals surface area contributed by atoms with Gasteiger partial charge in [0.1, 0.15) is 0 Å². The van der Waals surface area contributed by atoms with Crippen molar-refractivity contribution in [2.24, 2.45) is 0 Å². The predicted molar refractivity (Wildman–Crippen MR) is 117 cm³/mol. The smallest absolute Gasteiger partial charge is 0.414 e. The van der Waals surface area contributed by atoms with E-state index in [0.29, 0.717) is 6.54 Å². The lowest BCUT2D eigenvalue weighted by Gasteiger charge is -2.29. The van der Waals surface area contributed by atoms with Gasteiger partial charge in [-0.3, -0.25) is 4.79 Å². The highest BCUT2D eigenvalue weighted by atomic mass is 16.4. The van der Waals surface area contributed by atoms with Crippen molar-refractivity contribution in [2.45, 2.75) is 19.0 Å². The highest BCUT2D eigenvalue weighted by molar-refractivity contribution is 6.27. The average molecular weight is 420 g/mol. The third-order valence-electron chi connectivity index (χ3n) is 5.11. The fourth-order valence-electron chi connectivity index (χ4n) is 3.54. The van der Waals surface area contributed by atoms with Crippen molar-refractivity contribution in [1.82, 2.24) is 10.2 Å². The van der Waals surface area contributed by atoms with Crippen LogP contribution in [-0.2, 0) is 16.1 Å². The van der Waals surface area contributed by atoms with Crippen LogP contribution < -0.4 is 5.32 Å². The van der Waals surface area contributed by atoms with Gasteiger partial charge < -0.3 is 20.4 Å². The Hall–Kier alpha value is -3.71. The Kier molecular flexibility index (Phi) is 7.35. The maximum atomic E-state index is 13.3. The van der Waals surface area contributed by atoms with Crippen LogP contribution in [0.5, 0.6) is 0 Å². The number of hydrogen-bond donors (Lipinski definition) is 3. The lowest BCUT2D eigenvalue weighted by Crippen LogP contribution is -2.41. The van der Waals surface area contributed by atoms with Crippen molar-refractivity contribution in [1.29, 1.82) is 0 Å². The Morgan fingerprint density at radius 1 is 0.871 bits per heavy atom. The summed E-state index contributed by atoms with van der Waals surface area (Å²) in [4.78, 5) is 33.5. The molecule has 0 aliphatic carbocycles. The standard InChI is InChI=1S/C22H22N2O.C2H2O4/c25-22(20-11-10-18-8-4-5-9-19(18)14-20)24(21-12-13-23-15-21)16-17-6-2-1-3-7-17;3-1(4)2(5)6/h1-11,14,21,23H,12-13,15-16H2;(H,3,4)(H,5,6)/t21-;/m1./s1. The molecule has 160 valence electrons. The maximum Gasteiger partial charge on any atom is 0.414 e. The zero-order valence-corrected chi connectivity index (χ0v) is 16.9. The van der Waals surface area contributed by atoms with E-state index in [1.807, 2.05) is 53.4 Å². The number of nitrogens with zero attached hydrogens (tertiary/aromatic N) is 1. The van der Waals surface area contributed by atoms with Gasteiger partial charge in [0.15, 0.2) is 0 Å². The number of rotatable bonds is 4. The Bertz CT molecular complexity index is 1050. The van der Waals surface area contributed by atoms with E-state index < -0.39 is 11.9 Å². The normalized spacial score (nSPS) is 15.0. The first-order valence-electron chi connectivity index (χ1n) is 9.96. The average Bonchev–Trinajstić information content (AvgIpc) is 3.32. The number of carbonyl (C=O) groups excluding carboxylic acids is 1. The second-order valence-electron chi connectivity index (χ2n) is 7.24. The Morgan fingerprint density at radius 2 is 1.52 bits per heavy atom. The molecule has 3 N–H and O–H groups in total. The summed E-state index contributed by atoms with van der Waals surface area (Å²) in [5, 5.41) is 20.4. The summed E-state index contributed by atoms with van der Waals surface area (Å²) in [7, 11) is 0. The third-order valence-corrected chi connectivity index (χ3v) is 5.11. The minimum atomic E-state index is -1.82. The summed E-state index contributed by atoms with van der Waals surface area (Å²) in [6.07, 6.45) is 1.01. The Morgan fingerprint density at radius 3 is 2.13 bits per heavy atom. The molecule has 1 amide bonds. The van der Waals surface area contributed by atoms with Crippen molar-refractivity contribution in [3.63, 3.8) is 0 Å². The van der Waals surface area contributed by atoms with Gasteiger partial charge in [-0.1, -0.05) is 60.7 Å². The van der Waals surface area contributed by atoms with E-state index in [-0.39, 0.29) is 11.9 Å². The third kappa shape index (κ3) is 5.90. The first-order chi connectivity index (χ1) is 15.0. The van der Waals surface area contributed by atoms with Crippen molar-refractivity contribution < 1.29 is 24.6 Å². The first kappa shape index (κ1) is 22.0. The topological polar surface area (TPSA) is 107 Å². The molecule has 1 atom stereocenters. The number of benzene rings is 3. The van der Waals surface area contributed by atoms with Gasteiger partial charge in [0.2, 0.25) is 0 Å². The van der Waals surface area contributed by atoms with Crippen LogP contribution in [-0.4, -0.2) is 52.1 Å². The van der Waals surface area contributed by atoms with Gasteiger partial charge in [-0.05, 0) is 41.4 Å². The molecule has 0 spiro atoms. The van der Waals surface area contributed by atoms with Crippen LogP contribution in [0.4, 0.5) is 0 Å². The molecule has 1 fully saturated rings. The number of fused-ring (bicyclic) bond motifs is 1. The van der Waals surface area contributed by atoms with E-state index in [0.717, 1.165) is 35.8 Å². The molecule has 31 heavy (non-hydrogen) atoms. The number of carbonyl (C=O) groups is 3. The zero-order chi connectivity index (χ0) is 22.2. The molecule has 0 aromatic heterocycles. The van der Waals surface area contributed by atoms with Crippen LogP contribution >= 0.6 is 0 Å². The molecule has 7 heteroatoms. The van der Waals surface area contributed by atoms with E-state index in [1.165, 1.54) is 5.56 Å². The number of carboxylic acid groups (broad SMARTS) is 2. The molecule has 4 rings (SSSR count). The van der Waals surface area contributed by atoms with Gasteiger partial charge in [0.25, 0.3) is 5.91 Å². The van der Waals surface area contributed by atoms with Gasteiger partial charge in [-0.15, -0.1) is 0 Å². The molecule has 0 radical (unpaired) electrons. The molecular formula is C24H24N2O5. The van der Waals surface area contributed by atoms with Gasteiger partial charge in [0.05, 0.1) is 0 Å². The molecule has 1 aliphatic heterocycles. The van der Waals surface area contributed by atoms with E-state index in [9.17, 15) is 4.79 Å². The first-order valence-corrected chi connectivity index (χ1v) is 9.96. The molecule has 1 saturated heterocycles.